The molecule has 0 saturated carbocycles. The third kappa shape index (κ3) is 3.79. The van der Waals surface area contributed by atoms with Crippen molar-refractivity contribution >= 4 is 0 Å². The topological polar surface area (TPSA) is 32.7 Å². The maximum Gasteiger partial charge on any atom is 0.0951 e. The van der Waals surface area contributed by atoms with E-state index in [9.17, 15) is 5.11 Å². The van der Waals surface area contributed by atoms with Gasteiger partial charge in [0, 0.05) is 19.1 Å². The highest BCUT2D eigenvalue weighted by atomic mass is 16.5. The molecule has 1 saturated heterocycles. The maximum absolute atomic E-state index is 10.7. The Morgan fingerprint density at radius 2 is 1.68 bits per heavy atom. The van der Waals surface area contributed by atoms with Gasteiger partial charge >= 0.3 is 0 Å². The summed E-state index contributed by atoms with van der Waals surface area (Å²) in [5.41, 5.74) is 3.77. The summed E-state index contributed by atoms with van der Waals surface area (Å²) >= 11 is 0. The van der Waals surface area contributed by atoms with Gasteiger partial charge in [0.05, 0.1) is 18.8 Å². The van der Waals surface area contributed by atoms with E-state index in [0.29, 0.717) is 6.10 Å². The first-order valence-electron chi connectivity index (χ1n) is 9.47. The van der Waals surface area contributed by atoms with Gasteiger partial charge in [-0.1, -0.05) is 54.6 Å². The lowest BCUT2D eigenvalue weighted by Gasteiger charge is -2.37. The van der Waals surface area contributed by atoms with Crippen LogP contribution >= 0.6 is 0 Å². The zero-order valence-corrected chi connectivity index (χ0v) is 14.7. The normalized spacial score (nSPS) is 24.4. The van der Waals surface area contributed by atoms with Crippen LogP contribution in [0.2, 0.25) is 0 Å². The zero-order chi connectivity index (χ0) is 17.1. The molecule has 2 unspecified atom stereocenters. The Kier molecular flexibility index (Phi) is 5.16. The van der Waals surface area contributed by atoms with Crippen molar-refractivity contribution in [3.8, 4) is 0 Å². The predicted molar refractivity (Wildman–Crippen MR) is 99.6 cm³/mol. The van der Waals surface area contributed by atoms with Crippen molar-refractivity contribution in [1.82, 2.24) is 4.90 Å². The number of piperidine rings is 1. The highest BCUT2D eigenvalue weighted by molar-refractivity contribution is 5.36. The van der Waals surface area contributed by atoms with E-state index in [-0.39, 0.29) is 12.1 Å². The number of fused-ring (bicyclic) bond motifs is 1. The number of likely N-dealkylation sites (tertiary alicyclic amines) is 1. The minimum absolute atomic E-state index is 0.239. The summed E-state index contributed by atoms with van der Waals surface area (Å²) in [5.74, 6) is 0. The van der Waals surface area contributed by atoms with Gasteiger partial charge in [-0.15, -0.1) is 0 Å². The molecule has 4 rings (SSSR count). The Balaban J connectivity index is 1.24. The van der Waals surface area contributed by atoms with Crippen molar-refractivity contribution in [1.29, 1.82) is 0 Å². The van der Waals surface area contributed by atoms with Gasteiger partial charge in [-0.25, -0.2) is 0 Å². The van der Waals surface area contributed by atoms with Crippen LogP contribution in [0.4, 0.5) is 0 Å². The Morgan fingerprint density at radius 1 is 0.960 bits per heavy atom. The number of aliphatic hydroxyl groups excluding tert-OH is 1. The van der Waals surface area contributed by atoms with Crippen LogP contribution in [0.3, 0.4) is 0 Å². The SMILES string of the molecule is OC1c2ccccc2CC1N1CCC(OCCc2ccccc2)CC1. The molecule has 1 N–H and O–H groups in total. The molecular formula is C22H27NO2. The van der Waals surface area contributed by atoms with Crippen LogP contribution in [-0.2, 0) is 17.6 Å². The summed E-state index contributed by atoms with van der Waals surface area (Å²) in [6, 6.07) is 19.1. The van der Waals surface area contributed by atoms with E-state index in [1.54, 1.807) is 0 Å². The second kappa shape index (κ2) is 7.69. The largest absolute Gasteiger partial charge is 0.387 e. The van der Waals surface area contributed by atoms with E-state index in [1.165, 1.54) is 11.1 Å². The number of hydrogen-bond donors (Lipinski definition) is 1. The first-order chi connectivity index (χ1) is 12.3. The van der Waals surface area contributed by atoms with Gasteiger partial charge in [0.15, 0.2) is 0 Å². The van der Waals surface area contributed by atoms with Crippen LogP contribution in [0.5, 0.6) is 0 Å². The molecule has 2 aromatic carbocycles. The average Bonchev–Trinajstić information content (AvgIpc) is 3.00. The quantitative estimate of drug-likeness (QED) is 0.908. The van der Waals surface area contributed by atoms with Crippen molar-refractivity contribution in [3.63, 3.8) is 0 Å². The second-order valence-corrected chi connectivity index (χ2v) is 7.26. The fraction of sp³-hybridized carbons (Fsp3) is 0.455. The summed E-state index contributed by atoms with van der Waals surface area (Å²) < 4.78 is 6.10. The first-order valence-corrected chi connectivity index (χ1v) is 9.47. The van der Waals surface area contributed by atoms with Crippen molar-refractivity contribution in [2.75, 3.05) is 19.7 Å². The van der Waals surface area contributed by atoms with Crippen LogP contribution in [0.25, 0.3) is 0 Å². The molecule has 2 aromatic rings. The summed E-state index contributed by atoms with van der Waals surface area (Å²) in [6.45, 7) is 2.84. The average molecular weight is 337 g/mol. The van der Waals surface area contributed by atoms with E-state index >= 15 is 0 Å². The third-order valence-electron chi connectivity index (χ3n) is 5.70. The molecule has 0 aromatic heterocycles. The summed E-state index contributed by atoms with van der Waals surface area (Å²) in [4.78, 5) is 2.46. The predicted octanol–water partition coefficient (Wildman–Crippen LogP) is 3.37. The van der Waals surface area contributed by atoms with Gasteiger partial charge in [0.1, 0.15) is 0 Å². The molecule has 1 aliphatic heterocycles. The Morgan fingerprint density at radius 3 is 2.44 bits per heavy atom. The number of benzene rings is 2. The second-order valence-electron chi connectivity index (χ2n) is 7.26. The summed E-state index contributed by atoms with van der Waals surface area (Å²) in [6.07, 6.45) is 4.10. The molecule has 0 spiro atoms. The Hall–Kier alpha value is -1.68. The molecular weight excluding hydrogens is 310 g/mol. The fourth-order valence-corrected chi connectivity index (χ4v) is 4.24. The first kappa shape index (κ1) is 16.8. The lowest BCUT2D eigenvalue weighted by molar-refractivity contribution is -0.0192. The molecule has 3 heteroatoms. The van der Waals surface area contributed by atoms with E-state index in [4.69, 9.17) is 4.74 Å². The van der Waals surface area contributed by atoms with E-state index in [0.717, 1.165) is 50.9 Å². The van der Waals surface area contributed by atoms with Crippen molar-refractivity contribution < 1.29 is 9.84 Å². The van der Waals surface area contributed by atoms with E-state index in [1.807, 2.05) is 6.07 Å². The number of nitrogens with zero attached hydrogens (tertiary/aromatic N) is 1. The monoisotopic (exact) mass is 337 g/mol. The van der Waals surface area contributed by atoms with Crippen LogP contribution in [-0.4, -0.2) is 41.8 Å². The third-order valence-corrected chi connectivity index (χ3v) is 5.70. The van der Waals surface area contributed by atoms with E-state index < -0.39 is 0 Å². The minimum Gasteiger partial charge on any atom is -0.387 e. The smallest absolute Gasteiger partial charge is 0.0951 e. The van der Waals surface area contributed by atoms with Crippen LogP contribution < -0.4 is 0 Å². The molecule has 1 heterocycles. The molecule has 1 fully saturated rings. The molecule has 3 nitrogen and oxygen atoms in total. The molecule has 0 amide bonds. The van der Waals surface area contributed by atoms with Crippen molar-refractivity contribution in [3.05, 3.63) is 71.3 Å². The number of aliphatic hydroxyl groups is 1. The van der Waals surface area contributed by atoms with Gasteiger partial charge < -0.3 is 9.84 Å². The van der Waals surface area contributed by atoms with Gasteiger partial charge in [-0.05, 0) is 42.4 Å². The van der Waals surface area contributed by atoms with Crippen molar-refractivity contribution in [2.24, 2.45) is 0 Å². The van der Waals surface area contributed by atoms with Crippen molar-refractivity contribution in [2.45, 2.75) is 43.9 Å². The standard InChI is InChI=1S/C22H27NO2/c24-22-20-9-5-4-8-18(20)16-21(22)23-13-10-19(11-14-23)25-15-12-17-6-2-1-3-7-17/h1-9,19,21-22,24H,10-16H2. The number of hydrogen-bond acceptors (Lipinski definition) is 3. The minimum atomic E-state index is -0.341. The van der Waals surface area contributed by atoms with E-state index in [2.05, 4.69) is 53.4 Å². The Labute approximate surface area is 150 Å². The summed E-state index contributed by atoms with van der Waals surface area (Å²) in [5, 5.41) is 10.7. The van der Waals surface area contributed by atoms with Crippen LogP contribution in [0, 0.1) is 0 Å². The molecule has 1 aliphatic carbocycles. The lowest BCUT2D eigenvalue weighted by Crippen LogP contribution is -2.45. The van der Waals surface area contributed by atoms with Gasteiger partial charge in [0.25, 0.3) is 0 Å². The molecule has 25 heavy (non-hydrogen) atoms. The van der Waals surface area contributed by atoms with Gasteiger partial charge in [-0.2, -0.15) is 0 Å². The molecule has 0 bridgehead atoms. The highest BCUT2D eigenvalue weighted by Gasteiger charge is 2.36. The molecule has 2 aliphatic rings. The highest BCUT2D eigenvalue weighted by Crippen LogP contribution is 2.35. The van der Waals surface area contributed by atoms with Gasteiger partial charge in [-0.3, -0.25) is 4.90 Å². The lowest BCUT2D eigenvalue weighted by atomic mass is 10.0. The van der Waals surface area contributed by atoms with Gasteiger partial charge in [0.2, 0.25) is 0 Å². The number of rotatable bonds is 5. The molecule has 132 valence electrons. The summed E-state index contributed by atoms with van der Waals surface area (Å²) in [7, 11) is 0. The number of ether oxygens (including phenoxy) is 1. The zero-order valence-electron chi connectivity index (χ0n) is 14.7. The van der Waals surface area contributed by atoms with Crippen LogP contribution in [0.15, 0.2) is 54.6 Å². The van der Waals surface area contributed by atoms with Crippen LogP contribution in [0.1, 0.15) is 35.6 Å². The Bertz CT molecular complexity index is 679. The molecule has 0 radical (unpaired) electrons. The molecule has 2 atom stereocenters. The maximum atomic E-state index is 10.7. The fourth-order valence-electron chi connectivity index (χ4n) is 4.24.